The number of nitrogens with zero attached hydrogens (tertiary/aromatic N) is 1. The predicted octanol–water partition coefficient (Wildman–Crippen LogP) is 26.9. The maximum absolute atomic E-state index is 12.9. The molecule has 2 unspecified atom stereocenters. The van der Waals surface area contributed by atoms with Crippen molar-refractivity contribution < 1.29 is 42.1 Å². The van der Waals surface area contributed by atoms with Crippen molar-refractivity contribution in [1.29, 1.82) is 0 Å². The summed E-state index contributed by atoms with van der Waals surface area (Å²) in [4.78, 5) is 38.2. The molecule has 9 nitrogen and oxygen atoms in total. The second kappa shape index (κ2) is 79.4. The summed E-state index contributed by atoms with van der Waals surface area (Å²) >= 11 is 0. The van der Waals surface area contributed by atoms with E-state index in [0.29, 0.717) is 17.4 Å². The van der Waals surface area contributed by atoms with Gasteiger partial charge < -0.3 is 27.9 Å². The van der Waals surface area contributed by atoms with Gasteiger partial charge in [-0.3, -0.25) is 14.2 Å². The number of unbranched alkanes of at least 4 members (excludes halogenated alkanes) is 22. The number of hydrogen-bond donors (Lipinski definition) is 0. The molecule has 0 aliphatic carbocycles. The third-order valence-corrected chi connectivity index (χ3v) is 17.5. The van der Waals surface area contributed by atoms with Crippen LogP contribution >= 0.6 is 7.82 Å². The molecule has 0 aliphatic rings. The van der Waals surface area contributed by atoms with Crippen LogP contribution in [-0.2, 0) is 32.7 Å². The van der Waals surface area contributed by atoms with E-state index in [4.69, 9.17) is 18.5 Å². The van der Waals surface area contributed by atoms with Crippen molar-refractivity contribution >= 4 is 19.8 Å². The largest absolute Gasteiger partial charge is 0.756 e. The first-order valence-corrected chi connectivity index (χ1v) is 41.9. The van der Waals surface area contributed by atoms with E-state index in [9.17, 15) is 19.0 Å². The molecule has 10 heteroatoms. The lowest BCUT2D eigenvalue weighted by molar-refractivity contribution is -0.870. The lowest BCUT2D eigenvalue weighted by Gasteiger charge is -2.28. The molecule has 574 valence electrons. The van der Waals surface area contributed by atoms with E-state index in [-0.39, 0.29) is 26.1 Å². The predicted molar refractivity (Wildman–Crippen MR) is 442 cm³/mol. The number of hydrogen-bond acceptors (Lipinski definition) is 8. The number of carbonyl (C=O) groups is 2. The zero-order chi connectivity index (χ0) is 74.0. The standard InChI is InChI=1S/C92H148NO8P/c1-6-8-10-12-14-16-18-20-22-24-26-28-30-32-34-36-38-40-42-44-45-46-47-49-50-52-54-56-58-60-62-64-66-68-70-72-74-76-78-80-82-84-91(94)98-88-90(89-100-102(96,97)99-87-86-93(3,4)5)101-92(95)85-83-81-79-77-75-73-71-69-67-65-63-61-59-57-55-53-51-48-43-41-39-37-35-33-31-29-27-25-23-21-19-17-15-13-11-9-7-2/h8-11,14-17,20-23,26-29,32-35,38-41,44-45,48,51,55,57,61,63,67,69,73,75,90H,6-7,12-13,18-19,24-25,30-31,36-37,42-43,46-47,49-50,52-54,56,58-60,62,64-66,68,70-72,74,76-89H2,1-5H3/b10-8-,11-9-,16-14-,17-15-,22-20-,23-21-,28-26-,29-27-,34-32-,35-33-,40-38-,41-39-,45-44-,51-48-,57-55-,63-61-,69-67-,75-73-. The molecule has 0 rings (SSSR count). The number of quaternary nitrogens is 1. The second-order valence-electron chi connectivity index (χ2n) is 27.3. The first-order valence-electron chi connectivity index (χ1n) is 40.4. The maximum atomic E-state index is 12.9. The number of esters is 2. The highest BCUT2D eigenvalue weighted by Crippen LogP contribution is 2.38. The molecule has 0 aliphatic heterocycles. The minimum Gasteiger partial charge on any atom is -0.756 e. The van der Waals surface area contributed by atoms with Crippen molar-refractivity contribution in [2.75, 3.05) is 47.5 Å². The van der Waals surface area contributed by atoms with Gasteiger partial charge in [0.05, 0.1) is 27.7 Å². The summed E-state index contributed by atoms with van der Waals surface area (Å²) < 4.78 is 34.3. The van der Waals surface area contributed by atoms with Crippen molar-refractivity contribution in [3.8, 4) is 0 Å². The highest BCUT2D eigenvalue weighted by molar-refractivity contribution is 7.45. The average Bonchev–Trinajstić information content (AvgIpc) is 0.913. The third-order valence-electron chi connectivity index (χ3n) is 16.5. The van der Waals surface area contributed by atoms with Crippen LogP contribution in [-0.4, -0.2) is 70.0 Å². The minimum absolute atomic E-state index is 0.0474. The lowest BCUT2D eigenvalue weighted by Crippen LogP contribution is -2.37. The normalized spacial score (nSPS) is 14.2. The fourth-order valence-electron chi connectivity index (χ4n) is 10.4. The van der Waals surface area contributed by atoms with Crippen LogP contribution in [0.3, 0.4) is 0 Å². The monoisotopic (exact) mass is 1430 g/mol. The maximum Gasteiger partial charge on any atom is 0.306 e. The molecular weight excluding hydrogens is 1280 g/mol. The number of allylic oxidation sites excluding steroid dienone is 36. The summed E-state index contributed by atoms with van der Waals surface area (Å²) in [5.41, 5.74) is 0. The van der Waals surface area contributed by atoms with Crippen molar-refractivity contribution in [3.63, 3.8) is 0 Å². The zero-order valence-electron chi connectivity index (χ0n) is 65.5. The molecule has 0 radical (unpaired) electrons. The summed E-state index contributed by atoms with van der Waals surface area (Å²) in [5.74, 6) is -0.879. The fraction of sp³-hybridized carbons (Fsp3) is 0.587. The zero-order valence-corrected chi connectivity index (χ0v) is 66.4. The Bertz CT molecular complexity index is 2530. The molecule has 0 heterocycles. The molecule has 0 N–H and O–H groups in total. The third kappa shape index (κ3) is 83.3. The van der Waals surface area contributed by atoms with Crippen molar-refractivity contribution in [2.24, 2.45) is 0 Å². The molecular formula is C92H148NO8P. The molecule has 102 heavy (non-hydrogen) atoms. The van der Waals surface area contributed by atoms with Crippen LogP contribution in [0.2, 0.25) is 0 Å². The number of phosphoric ester groups is 1. The van der Waals surface area contributed by atoms with Gasteiger partial charge in [-0.2, -0.15) is 0 Å². The van der Waals surface area contributed by atoms with Crippen LogP contribution in [0.25, 0.3) is 0 Å². The molecule has 0 fully saturated rings. The number of rotatable bonds is 72. The fourth-order valence-corrected chi connectivity index (χ4v) is 11.1. The van der Waals surface area contributed by atoms with E-state index in [2.05, 4.69) is 233 Å². The van der Waals surface area contributed by atoms with E-state index in [1.807, 2.05) is 21.1 Å². The molecule has 0 spiro atoms. The van der Waals surface area contributed by atoms with E-state index in [0.717, 1.165) is 154 Å². The summed E-state index contributed by atoms with van der Waals surface area (Å²) in [7, 11) is 1.12. The molecule has 0 aromatic carbocycles. The quantitative estimate of drug-likeness (QED) is 0.0195. The highest BCUT2D eigenvalue weighted by Gasteiger charge is 2.22. The van der Waals surface area contributed by atoms with Crippen LogP contribution in [0, 0.1) is 0 Å². The summed E-state index contributed by atoms with van der Waals surface area (Å²) in [6.45, 7) is 3.96. The molecule has 0 bridgehead atoms. The van der Waals surface area contributed by atoms with Gasteiger partial charge in [-0.25, -0.2) is 0 Å². The lowest BCUT2D eigenvalue weighted by atomic mass is 10.0. The van der Waals surface area contributed by atoms with Crippen LogP contribution in [0.15, 0.2) is 219 Å². The Morgan fingerprint density at radius 1 is 0.304 bits per heavy atom. The number of carbonyl (C=O) groups excluding carboxylic acids is 2. The number of phosphoric acid groups is 1. The van der Waals surface area contributed by atoms with Gasteiger partial charge in [-0.1, -0.05) is 348 Å². The van der Waals surface area contributed by atoms with E-state index in [1.165, 1.54) is 109 Å². The van der Waals surface area contributed by atoms with Crippen LogP contribution in [0.4, 0.5) is 0 Å². The number of ether oxygens (including phenoxy) is 2. The first-order chi connectivity index (χ1) is 50.0. The highest BCUT2D eigenvalue weighted by atomic mass is 31.2. The van der Waals surface area contributed by atoms with Gasteiger partial charge in [0.1, 0.15) is 19.8 Å². The number of likely N-dealkylation sites (N-methyl/N-ethyl adjacent to an activating group) is 1. The smallest absolute Gasteiger partial charge is 0.306 e. The van der Waals surface area contributed by atoms with Gasteiger partial charge in [-0.05, 0) is 154 Å². The van der Waals surface area contributed by atoms with Crippen molar-refractivity contribution in [2.45, 2.75) is 302 Å². The van der Waals surface area contributed by atoms with Gasteiger partial charge >= 0.3 is 11.9 Å². The Kier molecular flexibility index (Phi) is 75.0. The van der Waals surface area contributed by atoms with E-state index in [1.54, 1.807) is 0 Å². The van der Waals surface area contributed by atoms with Crippen LogP contribution < -0.4 is 4.89 Å². The molecule has 0 aromatic heterocycles. The van der Waals surface area contributed by atoms with Crippen molar-refractivity contribution in [1.82, 2.24) is 0 Å². The Morgan fingerprint density at radius 3 is 0.794 bits per heavy atom. The molecule has 0 saturated carbocycles. The average molecular weight is 1430 g/mol. The SMILES string of the molecule is CC/C=C\C/C=C\C/C=C\C/C=C\C/C=C\C/C=C\C/C=C\C/C=C\C/C=C\C/C=C\C/C=C\CCCCCC(=O)OC(COC(=O)CCCCCCCCCCCCCCCCCCCCC/C=C\C/C=C\C/C=C\C/C=C\C/C=C\C/C=C\C/C=C\CC)COP(=O)([O-])OCC[N+](C)(C)C. The van der Waals surface area contributed by atoms with Crippen molar-refractivity contribution in [3.05, 3.63) is 219 Å². The van der Waals surface area contributed by atoms with Gasteiger partial charge in [0.2, 0.25) is 0 Å². The van der Waals surface area contributed by atoms with Crippen LogP contribution in [0.5, 0.6) is 0 Å². The minimum atomic E-state index is -4.67. The molecule has 2 atom stereocenters. The Morgan fingerprint density at radius 2 is 0.529 bits per heavy atom. The Labute approximate surface area is 627 Å². The van der Waals surface area contributed by atoms with Crippen LogP contribution in [0.1, 0.15) is 296 Å². The van der Waals surface area contributed by atoms with Gasteiger partial charge in [0.15, 0.2) is 6.10 Å². The topological polar surface area (TPSA) is 111 Å². The Balaban J connectivity index is 4.09. The van der Waals surface area contributed by atoms with Gasteiger partial charge in [0, 0.05) is 12.8 Å². The second-order valence-corrected chi connectivity index (χ2v) is 28.7. The Hall–Kier alpha value is -5.67. The van der Waals surface area contributed by atoms with Gasteiger partial charge in [0.25, 0.3) is 7.82 Å². The van der Waals surface area contributed by atoms with Gasteiger partial charge in [-0.15, -0.1) is 0 Å². The van der Waals surface area contributed by atoms with E-state index < -0.39 is 32.5 Å². The summed E-state index contributed by atoms with van der Waals surface area (Å²) in [6, 6.07) is 0. The molecule has 0 saturated heterocycles. The summed E-state index contributed by atoms with van der Waals surface area (Å²) in [6.07, 6.45) is 126. The molecule has 0 aromatic rings. The van der Waals surface area contributed by atoms with E-state index >= 15 is 0 Å². The summed E-state index contributed by atoms with van der Waals surface area (Å²) in [5, 5.41) is 0. The first kappa shape index (κ1) is 96.3. The molecule has 0 amide bonds.